The van der Waals surface area contributed by atoms with Crippen molar-refractivity contribution in [2.24, 2.45) is 4.99 Å². The van der Waals surface area contributed by atoms with E-state index in [1.54, 1.807) is 7.05 Å². The van der Waals surface area contributed by atoms with Crippen molar-refractivity contribution < 1.29 is 4.74 Å². The molecule has 112 valence electrons. The first-order valence-corrected chi connectivity index (χ1v) is 8.28. The van der Waals surface area contributed by atoms with Crippen LogP contribution in [0, 0.1) is 6.92 Å². The minimum Gasteiger partial charge on any atom is -0.494 e. The molecule has 0 aliphatic rings. The van der Waals surface area contributed by atoms with Gasteiger partial charge >= 0.3 is 0 Å². The first kappa shape index (κ1) is 16.7. The number of thioether (sulfide) groups is 1. The minimum absolute atomic E-state index is 0.706. The summed E-state index contributed by atoms with van der Waals surface area (Å²) in [6.45, 7) is 4.56. The van der Waals surface area contributed by atoms with E-state index in [0.29, 0.717) is 6.61 Å². The fraction of sp³-hybridized carbons (Fsp3) is 0.533. The number of aryl methyl sites for hydroxylation is 1. The molecule has 1 aromatic rings. The van der Waals surface area contributed by atoms with Crippen molar-refractivity contribution in [2.45, 2.75) is 13.3 Å². The van der Waals surface area contributed by atoms with Gasteiger partial charge in [-0.2, -0.15) is 11.8 Å². The first-order valence-electron chi connectivity index (χ1n) is 6.89. The van der Waals surface area contributed by atoms with E-state index < -0.39 is 0 Å². The van der Waals surface area contributed by atoms with Crippen LogP contribution in [0.4, 0.5) is 0 Å². The maximum absolute atomic E-state index is 5.67. The summed E-state index contributed by atoms with van der Waals surface area (Å²) in [5.74, 6) is 2.87. The number of hydrogen-bond donors (Lipinski definition) is 2. The molecule has 1 rings (SSSR count). The zero-order chi connectivity index (χ0) is 14.6. The lowest BCUT2D eigenvalue weighted by atomic mass is 10.2. The van der Waals surface area contributed by atoms with Gasteiger partial charge in [0, 0.05) is 25.9 Å². The standard InChI is InChI=1S/C15H25N3OS/c1-13-5-7-14(8-6-13)19-11-4-9-17-15(16-2)18-10-12-20-3/h5-8H,4,9-12H2,1-3H3,(H2,16,17,18). The van der Waals surface area contributed by atoms with Gasteiger partial charge in [0.15, 0.2) is 5.96 Å². The van der Waals surface area contributed by atoms with Crippen molar-refractivity contribution in [1.82, 2.24) is 10.6 Å². The number of nitrogens with zero attached hydrogens (tertiary/aromatic N) is 1. The van der Waals surface area contributed by atoms with Crippen LogP contribution in [0.3, 0.4) is 0 Å². The molecule has 0 bridgehead atoms. The van der Waals surface area contributed by atoms with Crippen LogP contribution in [0.25, 0.3) is 0 Å². The number of ether oxygens (including phenoxy) is 1. The highest BCUT2D eigenvalue weighted by molar-refractivity contribution is 7.98. The van der Waals surface area contributed by atoms with Crippen molar-refractivity contribution in [3.8, 4) is 5.75 Å². The SMILES string of the molecule is CN=C(NCCCOc1ccc(C)cc1)NCCSC. The van der Waals surface area contributed by atoms with Crippen molar-refractivity contribution in [3.05, 3.63) is 29.8 Å². The third-order valence-corrected chi connectivity index (χ3v) is 3.34. The van der Waals surface area contributed by atoms with Crippen LogP contribution in [0.2, 0.25) is 0 Å². The summed E-state index contributed by atoms with van der Waals surface area (Å²) in [5.41, 5.74) is 1.25. The van der Waals surface area contributed by atoms with Crippen LogP contribution in [-0.4, -0.2) is 44.7 Å². The highest BCUT2D eigenvalue weighted by Gasteiger charge is 1.97. The normalized spacial score (nSPS) is 11.2. The number of guanidine groups is 1. The molecule has 0 saturated carbocycles. The average Bonchev–Trinajstić information content (AvgIpc) is 2.47. The molecule has 0 aromatic heterocycles. The predicted octanol–water partition coefficient (Wildman–Crippen LogP) is 2.29. The number of benzene rings is 1. The van der Waals surface area contributed by atoms with Gasteiger partial charge in [-0.15, -0.1) is 0 Å². The van der Waals surface area contributed by atoms with Gasteiger partial charge in [-0.1, -0.05) is 17.7 Å². The molecule has 0 spiro atoms. The number of rotatable bonds is 8. The molecule has 5 heteroatoms. The van der Waals surface area contributed by atoms with Gasteiger partial charge in [-0.3, -0.25) is 4.99 Å². The highest BCUT2D eigenvalue weighted by atomic mass is 32.2. The van der Waals surface area contributed by atoms with Gasteiger partial charge in [0.25, 0.3) is 0 Å². The Morgan fingerprint density at radius 3 is 2.55 bits per heavy atom. The Morgan fingerprint density at radius 1 is 1.20 bits per heavy atom. The summed E-state index contributed by atoms with van der Waals surface area (Å²) >= 11 is 1.82. The lowest BCUT2D eigenvalue weighted by Crippen LogP contribution is -2.39. The zero-order valence-electron chi connectivity index (χ0n) is 12.6. The predicted molar refractivity (Wildman–Crippen MR) is 89.0 cm³/mol. The molecule has 0 amide bonds. The van der Waals surface area contributed by atoms with Gasteiger partial charge in [-0.25, -0.2) is 0 Å². The summed E-state index contributed by atoms with van der Waals surface area (Å²) in [5, 5.41) is 6.54. The molecule has 1 aromatic carbocycles. The van der Waals surface area contributed by atoms with E-state index >= 15 is 0 Å². The molecular weight excluding hydrogens is 270 g/mol. The van der Waals surface area contributed by atoms with E-state index in [2.05, 4.69) is 40.9 Å². The van der Waals surface area contributed by atoms with Crippen molar-refractivity contribution >= 4 is 17.7 Å². The number of hydrogen-bond acceptors (Lipinski definition) is 3. The Hall–Kier alpha value is -1.36. The number of nitrogens with one attached hydrogen (secondary N) is 2. The van der Waals surface area contributed by atoms with Crippen LogP contribution in [0.15, 0.2) is 29.3 Å². The van der Waals surface area contributed by atoms with Gasteiger partial charge < -0.3 is 15.4 Å². The van der Waals surface area contributed by atoms with Crippen LogP contribution < -0.4 is 15.4 Å². The maximum atomic E-state index is 5.67. The monoisotopic (exact) mass is 295 g/mol. The van der Waals surface area contributed by atoms with Crippen molar-refractivity contribution in [1.29, 1.82) is 0 Å². The van der Waals surface area contributed by atoms with Gasteiger partial charge in [0.05, 0.1) is 6.61 Å². The maximum Gasteiger partial charge on any atom is 0.191 e. The molecule has 20 heavy (non-hydrogen) atoms. The third-order valence-electron chi connectivity index (χ3n) is 2.73. The second kappa shape index (κ2) is 10.4. The van der Waals surface area contributed by atoms with E-state index in [0.717, 1.165) is 37.0 Å². The molecular formula is C15H25N3OS. The molecule has 0 aliphatic carbocycles. The van der Waals surface area contributed by atoms with Crippen LogP contribution in [0.1, 0.15) is 12.0 Å². The molecule has 0 heterocycles. The first-order chi connectivity index (χ1) is 9.76. The molecule has 0 radical (unpaired) electrons. The lowest BCUT2D eigenvalue weighted by Gasteiger charge is -2.11. The summed E-state index contributed by atoms with van der Waals surface area (Å²) in [6, 6.07) is 8.13. The molecule has 0 atom stereocenters. The summed E-state index contributed by atoms with van der Waals surface area (Å²) in [4.78, 5) is 4.17. The molecule has 2 N–H and O–H groups in total. The second-order valence-electron chi connectivity index (χ2n) is 4.43. The summed E-state index contributed by atoms with van der Waals surface area (Å²) < 4.78 is 5.67. The van der Waals surface area contributed by atoms with E-state index in [1.165, 1.54) is 5.56 Å². The second-order valence-corrected chi connectivity index (χ2v) is 5.42. The molecule has 0 fully saturated rings. The molecule has 0 unspecified atom stereocenters. The van der Waals surface area contributed by atoms with Crippen LogP contribution in [-0.2, 0) is 0 Å². The van der Waals surface area contributed by atoms with Crippen molar-refractivity contribution in [3.63, 3.8) is 0 Å². The Labute approximate surface area is 126 Å². The number of aliphatic imine (C=N–C) groups is 1. The van der Waals surface area contributed by atoms with E-state index in [4.69, 9.17) is 4.74 Å². The lowest BCUT2D eigenvalue weighted by molar-refractivity contribution is 0.311. The van der Waals surface area contributed by atoms with Crippen molar-refractivity contribution in [2.75, 3.05) is 38.8 Å². The van der Waals surface area contributed by atoms with E-state index in [1.807, 2.05) is 23.9 Å². The fourth-order valence-corrected chi connectivity index (χ4v) is 1.90. The smallest absolute Gasteiger partial charge is 0.191 e. The quantitative estimate of drug-likeness (QED) is 0.439. The minimum atomic E-state index is 0.706. The summed E-state index contributed by atoms with van der Waals surface area (Å²) in [7, 11) is 1.79. The molecule has 0 saturated heterocycles. The fourth-order valence-electron chi connectivity index (χ4n) is 1.60. The Balaban J connectivity index is 2.10. The third kappa shape index (κ3) is 7.28. The highest BCUT2D eigenvalue weighted by Crippen LogP contribution is 2.11. The van der Waals surface area contributed by atoms with Gasteiger partial charge in [0.2, 0.25) is 0 Å². The molecule has 4 nitrogen and oxygen atoms in total. The van der Waals surface area contributed by atoms with Gasteiger partial charge in [-0.05, 0) is 31.7 Å². The Kier molecular flexibility index (Phi) is 8.71. The van der Waals surface area contributed by atoms with E-state index in [-0.39, 0.29) is 0 Å². The topological polar surface area (TPSA) is 45.7 Å². The molecule has 0 aliphatic heterocycles. The Morgan fingerprint density at radius 2 is 1.90 bits per heavy atom. The van der Waals surface area contributed by atoms with E-state index in [9.17, 15) is 0 Å². The van der Waals surface area contributed by atoms with Crippen LogP contribution in [0.5, 0.6) is 5.75 Å². The van der Waals surface area contributed by atoms with Gasteiger partial charge in [0.1, 0.15) is 5.75 Å². The average molecular weight is 295 g/mol. The zero-order valence-corrected chi connectivity index (χ0v) is 13.4. The van der Waals surface area contributed by atoms with Crippen LogP contribution >= 0.6 is 11.8 Å². The summed E-state index contributed by atoms with van der Waals surface area (Å²) in [6.07, 6.45) is 3.04. The largest absolute Gasteiger partial charge is 0.494 e. The Bertz CT molecular complexity index is 393.